The molecule has 1 aromatic rings. The molecule has 0 radical (unpaired) electrons. The van der Waals surface area contributed by atoms with E-state index in [9.17, 15) is 5.11 Å². The summed E-state index contributed by atoms with van der Waals surface area (Å²) in [7, 11) is 1.80. The van der Waals surface area contributed by atoms with Gasteiger partial charge in [0, 0.05) is 7.11 Å². The van der Waals surface area contributed by atoms with Crippen LogP contribution < -0.4 is 0 Å². The fraction of sp³-hybridized carbons (Fsp3) is 0.800. The van der Waals surface area contributed by atoms with E-state index in [4.69, 9.17) is 9.72 Å². The van der Waals surface area contributed by atoms with E-state index in [0.717, 1.165) is 41.3 Å². The number of rotatable bonds is 2. The predicted octanol–water partition coefficient (Wildman–Crippen LogP) is 3.56. The van der Waals surface area contributed by atoms with E-state index in [2.05, 4.69) is 13.8 Å². The van der Waals surface area contributed by atoms with Crippen LogP contribution in [0.15, 0.2) is 0 Å². The zero-order valence-electron chi connectivity index (χ0n) is 12.0. The van der Waals surface area contributed by atoms with Gasteiger partial charge in [0.05, 0.1) is 16.7 Å². The molecule has 1 heterocycles. The van der Waals surface area contributed by atoms with Crippen molar-refractivity contribution in [1.29, 1.82) is 0 Å². The molecule has 1 saturated carbocycles. The van der Waals surface area contributed by atoms with E-state index in [1.54, 1.807) is 18.4 Å². The minimum atomic E-state index is -0.347. The van der Waals surface area contributed by atoms with Crippen molar-refractivity contribution in [2.45, 2.75) is 64.1 Å². The Morgan fingerprint density at radius 1 is 1.32 bits per heavy atom. The molecule has 0 spiro atoms. The van der Waals surface area contributed by atoms with Gasteiger partial charge in [-0.15, -0.1) is 11.3 Å². The molecule has 0 aliphatic heterocycles. The van der Waals surface area contributed by atoms with Crippen LogP contribution in [0.5, 0.6) is 0 Å². The van der Waals surface area contributed by atoms with E-state index >= 15 is 0 Å². The molecule has 3 rings (SSSR count). The number of methoxy groups -OCH3 is 1. The van der Waals surface area contributed by atoms with Crippen LogP contribution in [-0.2, 0) is 16.8 Å². The first-order chi connectivity index (χ1) is 8.96. The third-order valence-corrected chi connectivity index (χ3v) is 6.00. The first kappa shape index (κ1) is 13.5. The van der Waals surface area contributed by atoms with Gasteiger partial charge in [-0.2, -0.15) is 0 Å². The maximum Gasteiger partial charge on any atom is 0.125 e. The van der Waals surface area contributed by atoms with Gasteiger partial charge in [-0.1, -0.05) is 26.7 Å². The Hall–Kier alpha value is -0.450. The molecule has 3 nitrogen and oxygen atoms in total. The van der Waals surface area contributed by atoms with E-state index in [1.165, 1.54) is 12.8 Å². The molecule has 19 heavy (non-hydrogen) atoms. The van der Waals surface area contributed by atoms with Crippen LogP contribution in [0, 0.1) is 5.41 Å². The zero-order chi connectivity index (χ0) is 13.7. The standard InChI is InChI=1S/C15H23NO2S/c1-14(2)8-10-12(11(17)9-14)19-13(16-10)15(18-3)6-4-5-7-15/h11,17H,4-9H2,1-3H3. The number of nitrogens with zero attached hydrogens (tertiary/aromatic N) is 1. The second-order valence-electron chi connectivity index (χ2n) is 6.80. The van der Waals surface area contributed by atoms with Crippen LogP contribution in [-0.4, -0.2) is 17.2 Å². The summed E-state index contributed by atoms with van der Waals surface area (Å²) in [4.78, 5) is 5.94. The highest BCUT2D eigenvalue weighted by molar-refractivity contribution is 7.12. The molecule has 1 aromatic heterocycles. The van der Waals surface area contributed by atoms with E-state index < -0.39 is 0 Å². The third-order valence-electron chi connectivity index (χ3n) is 4.61. The summed E-state index contributed by atoms with van der Waals surface area (Å²) in [5.74, 6) is 0. The van der Waals surface area contributed by atoms with Gasteiger partial charge in [-0.25, -0.2) is 4.98 Å². The maximum atomic E-state index is 10.3. The molecule has 1 N–H and O–H groups in total. The molecular formula is C15H23NO2S. The van der Waals surface area contributed by atoms with Crippen molar-refractivity contribution in [3.8, 4) is 0 Å². The maximum absolute atomic E-state index is 10.3. The number of thiazole rings is 1. The fourth-order valence-corrected chi connectivity index (χ4v) is 4.83. The number of aromatic nitrogens is 1. The third kappa shape index (κ3) is 2.24. The lowest BCUT2D eigenvalue weighted by atomic mass is 9.77. The second kappa shape index (κ2) is 4.54. The van der Waals surface area contributed by atoms with Gasteiger partial charge in [0.15, 0.2) is 0 Å². The zero-order valence-corrected chi connectivity index (χ0v) is 12.8. The van der Waals surface area contributed by atoms with Gasteiger partial charge in [0.25, 0.3) is 0 Å². The van der Waals surface area contributed by atoms with Crippen molar-refractivity contribution >= 4 is 11.3 Å². The summed E-state index contributed by atoms with van der Waals surface area (Å²) in [6.07, 6.45) is 6.01. The van der Waals surface area contributed by atoms with Crippen molar-refractivity contribution in [3.05, 3.63) is 15.6 Å². The molecule has 1 atom stereocenters. The highest BCUT2D eigenvalue weighted by Gasteiger charge is 2.42. The summed E-state index contributed by atoms with van der Waals surface area (Å²) in [6.45, 7) is 4.42. The van der Waals surface area contributed by atoms with Gasteiger partial charge < -0.3 is 9.84 Å². The highest BCUT2D eigenvalue weighted by atomic mass is 32.1. The van der Waals surface area contributed by atoms with Crippen LogP contribution in [0.25, 0.3) is 0 Å². The van der Waals surface area contributed by atoms with Gasteiger partial charge in [-0.05, 0) is 31.1 Å². The van der Waals surface area contributed by atoms with Crippen molar-refractivity contribution < 1.29 is 9.84 Å². The quantitative estimate of drug-likeness (QED) is 0.901. The Labute approximate surface area is 119 Å². The van der Waals surface area contributed by atoms with Crippen LogP contribution in [0.3, 0.4) is 0 Å². The SMILES string of the molecule is COC1(c2nc3c(s2)C(O)CC(C)(C)C3)CCCC1. The van der Waals surface area contributed by atoms with E-state index in [0.29, 0.717) is 0 Å². The molecule has 4 heteroatoms. The average molecular weight is 281 g/mol. The van der Waals surface area contributed by atoms with Crippen LogP contribution in [0.1, 0.15) is 67.6 Å². The fourth-order valence-electron chi connectivity index (χ4n) is 3.54. The van der Waals surface area contributed by atoms with Crippen LogP contribution >= 0.6 is 11.3 Å². The Balaban J connectivity index is 1.98. The van der Waals surface area contributed by atoms with Gasteiger partial charge in [0.1, 0.15) is 10.6 Å². The average Bonchev–Trinajstić information content (AvgIpc) is 2.93. The van der Waals surface area contributed by atoms with E-state index in [-0.39, 0.29) is 17.1 Å². The summed E-state index contributed by atoms with van der Waals surface area (Å²) in [6, 6.07) is 0. The molecule has 2 aliphatic rings. The predicted molar refractivity (Wildman–Crippen MR) is 76.3 cm³/mol. The Morgan fingerprint density at radius 3 is 2.63 bits per heavy atom. The normalized spacial score (nSPS) is 28.3. The monoisotopic (exact) mass is 281 g/mol. The van der Waals surface area contributed by atoms with Crippen molar-refractivity contribution in [1.82, 2.24) is 4.98 Å². The lowest BCUT2D eigenvalue weighted by Crippen LogP contribution is -2.25. The molecular weight excluding hydrogens is 258 g/mol. The summed E-state index contributed by atoms with van der Waals surface area (Å²) in [5.41, 5.74) is 1.08. The van der Waals surface area contributed by atoms with Crippen LogP contribution in [0.4, 0.5) is 0 Å². The molecule has 106 valence electrons. The van der Waals surface area contributed by atoms with E-state index in [1.807, 2.05) is 0 Å². The number of hydrogen-bond acceptors (Lipinski definition) is 4. The molecule has 0 saturated heterocycles. The minimum Gasteiger partial charge on any atom is -0.387 e. The van der Waals surface area contributed by atoms with Gasteiger partial charge in [-0.3, -0.25) is 0 Å². The molecule has 0 aromatic carbocycles. The van der Waals surface area contributed by atoms with Crippen molar-refractivity contribution in [2.75, 3.05) is 7.11 Å². The Morgan fingerprint density at radius 2 is 2.00 bits per heavy atom. The summed E-state index contributed by atoms with van der Waals surface area (Å²) < 4.78 is 5.82. The minimum absolute atomic E-state index is 0.146. The lowest BCUT2D eigenvalue weighted by molar-refractivity contribution is -0.00903. The molecule has 0 amide bonds. The number of aliphatic hydroxyl groups is 1. The molecule has 1 unspecified atom stereocenters. The van der Waals surface area contributed by atoms with Crippen molar-refractivity contribution in [3.63, 3.8) is 0 Å². The number of ether oxygens (including phenoxy) is 1. The van der Waals surface area contributed by atoms with Crippen molar-refractivity contribution in [2.24, 2.45) is 5.41 Å². The molecule has 1 fully saturated rings. The summed E-state index contributed by atoms with van der Waals surface area (Å²) >= 11 is 1.68. The summed E-state index contributed by atoms with van der Waals surface area (Å²) in [5, 5.41) is 11.4. The molecule has 0 bridgehead atoms. The number of hydrogen-bond donors (Lipinski definition) is 1. The lowest BCUT2D eigenvalue weighted by Gasteiger charge is -2.31. The Bertz CT molecular complexity index is 474. The van der Waals surface area contributed by atoms with Crippen LogP contribution in [0.2, 0.25) is 0 Å². The number of fused-ring (bicyclic) bond motifs is 1. The smallest absolute Gasteiger partial charge is 0.125 e. The Kier molecular flexibility index (Phi) is 3.23. The largest absolute Gasteiger partial charge is 0.387 e. The first-order valence-electron chi connectivity index (χ1n) is 7.19. The van der Waals surface area contributed by atoms with Gasteiger partial charge in [0.2, 0.25) is 0 Å². The van der Waals surface area contributed by atoms with Gasteiger partial charge >= 0.3 is 0 Å². The highest BCUT2D eigenvalue weighted by Crippen LogP contribution is 2.48. The second-order valence-corrected chi connectivity index (χ2v) is 7.83. The first-order valence-corrected chi connectivity index (χ1v) is 8.01. The number of aliphatic hydroxyl groups excluding tert-OH is 1. The topological polar surface area (TPSA) is 42.4 Å². The molecule has 2 aliphatic carbocycles.